The summed E-state index contributed by atoms with van der Waals surface area (Å²) in [6, 6.07) is 12.9. The molecule has 0 aromatic heterocycles. The van der Waals surface area contributed by atoms with E-state index in [2.05, 4.69) is 15.9 Å². The highest BCUT2D eigenvalue weighted by atomic mass is 79.9. The van der Waals surface area contributed by atoms with E-state index in [0.29, 0.717) is 11.4 Å². The Hall–Kier alpha value is -1.33. The number of nitrogens with two attached hydrogens (primary N) is 1. The van der Waals surface area contributed by atoms with Gasteiger partial charge in [0.25, 0.3) is 0 Å². The third-order valence-corrected chi connectivity index (χ3v) is 4.63. The lowest BCUT2D eigenvalue weighted by Gasteiger charge is -2.07. The molecule has 0 bridgehead atoms. The highest BCUT2D eigenvalue weighted by Crippen LogP contribution is 2.26. The summed E-state index contributed by atoms with van der Waals surface area (Å²) in [5, 5.41) is 0. The zero-order valence-corrected chi connectivity index (χ0v) is 12.8. The predicted octanol–water partition coefficient (Wildman–Crippen LogP) is 3.35. The first kappa shape index (κ1) is 14.1. The maximum atomic E-state index is 12.2. The fourth-order valence-corrected chi connectivity index (χ4v) is 3.43. The van der Waals surface area contributed by atoms with Crippen molar-refractivity contribution in [2.45, 2.75) is 10.6 Å². The van der Waals surface area contributed by atoms with E-state index in [-0.39, 0.29) is 0 Å². The molecule has 0 aliphatic rings. The van der Waals surface area contributed by atoms with Crippen LogP contribution in [0, 0.1) is 0 Å². The van der Waals surface area contributed by atoms with Gasteiger partial charge in [-0.15, -0.1) is 0 Å². The van der Waals surface area contributed by atoms with Crippen LogP contribution in [0.25, 0.3) is 0 Å². The second-order valence-corrected chi connectivity index (χ2v) is 6.34. The summed E-state index contributed by atoms with van der Waals surface area (Å²) in [5.41, 5.74) is 7.30. The summed E-state index contributed by atoms with van der Waals surface area (Å²) >= 11 is 3.42. The highest BCUT2D eigenvalue weighted by molar-refractivity contribution is 9.10. The number of nitrogen functional groups attached to an aromatic ring is 1. The van der Waals surface area contributed by atoms with Crippen LogP contribution in [-0.4, -0.2) is 11.3 Å². The fourth-order valence-electron chi connectivity index (χ4n) is 1.69. The van der Waals surface area contributed by atoms with Crippen LogP contribution < -0.4 is 10.5 Å². The molecule has 2 rings (SSSR count). The number of rotatable bonds is 4. The summed E-state index contributed by atoms with van der Waals surface area (Å²) in [6.45, 7) is 0. The number of hydrogen-bond donors (Lipinski definition) is 1. The molecule has 0 aliphatic carbocycles. The van der Waals surface area contributed by atoms with Crippen LogP contribution in [0.4, 0.5) is 5.69 Å². The van der Waals surface area contributed by atoms with E-state index in [1.54, 1.807) is 19.2 Å². The summed E-state index contributed by atoms with van der Waals surface area (Å²) in [5.74, 6) is 1.21. The molecule has 0 spiro atoms. The van der Waals surface area contributed by atoms with Gasteiger partial charge in [0.2, 0.25) is 0 Å². The predicted molar refractivity (Wildman–Crippen MR) is 81.7 cm³/mol. The molecule has 0 aliphatic heterocycles. The molecule has 0 radical (unpaired) electrons. The number of methoxy groups -OCH3 is 1. The van der Waals surface area contributed by atoms with Crippen molar-refractivity contribution in [2.75, 3.05) is 12.8 Å². The minimum atomic E-state index is -1.10. The third-order valence-electron chi connectivity index (χ3n) is 2.63. The van der Waals surface area contributed by atoms with Crippen molar-refractivity contribution >= 4 is 32.4 Å². The summed E-state index contributed by atoms with van der Waals surface area (Å²) in [7, 11) is 0.513. The molecule has 2 aromatic rings. The Morgan fingerprint density at radius 1 is 1.26 bits per heavy atom. The van der Waals surface area contributed by atoms with Gasteiger partial charge in [-0.25, -0.2) is 0 Å². The second-order valence-electron chi connectivity index (χ2n) is 4.03. The Labute approximate surface area is 123 Å². The first-order valence-corrected chi connectivity index (χ1v) is 7.77. The van der Waals surface area contributed by atoms with Gasteiger partial charge in [-0.05, 0) is 51.8 Å². The van der Waals surface area contributed by atoms with E-state index in [9.17, 15) is 4.21 Å². The zero-order chi connectivity index (χ0) is 13.8. The van der Waals surface area contributed by atoms with E-state index in [1.807, 2.05) is 30.3 Å². The molecule has 100 valence electrons. The van der Waals surface area contributed by atoms with E-state index in [4.69, 9.17) is 10.5 Å². The molecule has 1 unspecified atom stereocenters. The second kappa shape index (κ2) is 6.21. The highest BCUT2D eigenvalue weighted by Gasteiger charge is 2.07. The first-order valence-electron chi connectivity index (χ1n) is 5.66. The Kier molecular flexibility index (Phi) is 4.61. The molecule has 2 aromatic carbocycles. The average Bonchev–Trinajstić information content (AvgIpc) is 2.39. The molecule has 2 N–H and O–H groups in total. The van der Waals surface area contributed by atoms with E-state index >= 15 is 0 Å². The summed E-state index contributed by atoms with van der Waals surface area (Å²) in [6.07, 6.45) is 0. The lowest BCUT2D eigenvalue weighted by atomic mass is 10.2. The van der Waals surface area contributed by atoms with E-state index < -0.39 is 10.8 Å². The quantitative estimate of drug-likeness (QED) is 0.869. The molecule has 0 fully saturated rings. The summed E-state index contributed by atoms with van der Waals surface area (Å²) in [4.78, 5) is 0.743. The van der Waals surface area contributed by atoms with Crippen LogP contribution in [0.3, 0.4) is 0 Å². The van der Waals surface area contributed by atoms with Gasteiger partial charge < -0.3 is 10.5 Å². The molecule has 0 saturated heterocycles. The molecular weight excluding hydrogens is 326 g/mol. The fraction of sp³-hybridized carbons (Fsp3) is 0.143. The van der Waals surface area contributed by atoms with Crippen molar-refractivity contribution in [3.05, 3.63) is 52.5 Å². The van der Waals surface area contributed by atoms with Gasteiger partial charge in [0.05, 0.1) is 28.1 Å². The molecule has 5 heteroatoms. The summed E-state index contributed by atoms with van der Waals surface area (Å²) < 4.78 is 18.3. The Balaban J connectivity index is 2.17. The van der Waals surface area contributed by atoms with Gasteiger partial charge in [-0.1, -0.05) is 12.1 Å². The molecule has 0 heterocycles. The molecule has 0 amide bonds. The lowest BCUT2D eigenvalue weighted by Crippen LogP contribution is -1.98. The normalized spacial score (nSPS) is 12.1. The van der Waals surface area contributed by atoms with Crippen LogP contribution in [0.2, 0.25) is 0 Å². The van der Waals surface area contributed by atoms with Crippen molar-refractivity contribution in [3.63, 3.8) is 0 Å². The molecule has 3 nitrogen and oxygen atoms in total. The van der Waals surface area contributed by atoms with Gasteiger partial charge in [-0.2, -0.15) is 0 Å². The minimum absolute atomic E-state index is 0.450. The van der Waals surface area contributed by atoms with Gasteiger partial charge in [0, 0.05) is 10.6 Å². The van der Waals surface area contributed by atoms with Crippen LogP contribution in [0.15, 0.2) is 51.8 Å². The lowest BCUT2D eigenvalue weighted by molar-refractivity contribution is 0.412. The molecule has 19 heavy (non-hydrogen) atoms. The van der Waals surface area contributed by atoms with Crippen LogP contribution in [-0.2, 0) is 16.6 Å². The molecule has 1 atom stereocenters. The smallest absolute Gasteiger partial charge is 0.133 e. The van der Waals surface area contributed by atoms with Gasteiger partial charge >= 0.3 is 0 Å². The first-order chi connectivity index (χ1) is 9.10. The SMILES string of the molecule is COc1ccc(CS(=O)c2cccc(N)c2)cc1Br. The van der Waals surface area contributed by atoms with Crippen molar-refractivity contribution in [1.29, 1.82) is 0 Å². The van der Waals surface area contributed by atoms with E-state index in [1.165, 1.54) is 0 Å². The van der Waals surface area contributed by atoms with Gasteiger partial charge in [0.15, 0.2) is 0 Å². The number of halogens is 1. The number of anilines is 1. The van der Waals surface area contributed by atoms with Crippen molar-refractivity contribution in [1.82, 2.24) is 0 Å². The van der Waals surface area contributed by atoms with Gasteiger partial charge in [-0.3, -0.25) is 4.21 Å². The Bertz CT molecular complexity index is 616. The number of benzene rings is 2. The van der Waals surface area contributed by atoms with Crippen LogP contribution in [0.5, 0.6) is 5.75 Å². The minimum Gasteiger partial charge on any atom is -0.496 e. The average molecular weight is 340 g/mol. The van der Waals surface area contributed by atoms with Crippen molar-refractivity contribution < 1.29 is 8.95 Å². The molecular formula is C14H14BrNO2S. The monoisotopic (exact) mass is 339 g/mol. The van der Waals surface area contributed by atoms with Crippen molar-refractivity contribution in [3.8, 4) is 5.75 Å². The number of ether oxygens (including phenoxy) is 1. The topological polar surface area (TPSA) is 52.3 Å². The zero-order valence-electron chi connectivity index (χ0n) is 10.4. The third kappa shape index (κ3) is 3.58. The van der Waals surface area contributed by atoms with Crippen LogP contribution >= 0.6 is 15.9 Å². The van der Waals surface area contributed by atoms with Crippen molar-refractivity contribution in [2.24, 2.45) is 0 Å². The van der Waals surface area contributed by atoms with E-state index in [0.717, 1.165) is 20.7 Å². The Morgan fingerprint density at radius 3 is 2.68 bits per heavy atom. The maximum Gasteiger partial charge on any atom is 0.133 e. The number of hydrogen-bond acceptors (Lipinski definition) is 3. The molecule has 0 saturated carbocycles. The Morgan fingerprint density at radius 2 is 2.05 bits per heavy atom. The standard InChI is InChI=1S/C14H14BrNO2S/c1-18-14-6-5-10(7-13(14)15)9-19(17)12-4-2-3-11(16)8-12/h2-8H,9,16H2,1H3. The largest absolute Gasteiger partial charge is 0.496 e. The van der Waals surface area contributed by atoms with Crippen LogP contribution in [0.1, 0.15) is 5.56 Å². The maximum absolute atomic E-state index is 12.2. The van der Waals surface area contributed by atoms with Gasteiger partial charge in [0.1, 0.15) is 5.75 Å².